The average Bonchev–Trinajstić information content (AvgIpc) is 2.71. The Kier molecular flexibility index (Phi) is 6.46. The summed E-state index contributed by atoms with van der Waals surface area (Å²) in [5, 5.41) is 19.1. The van der Waals surface area contributed by atoms with Gasteiger partial charge < -0.3 is 21.3 Å². The maximum absolute atomic E-state index is 13.1. The molecule has 0 saturated heterocycles. The molecule has 8 nitrogen and oxygen atoms in total. The Morgan fingerprint density at radius 2 is 1.69 bits per heavy atom. The van der Waals surface area contributed by atoms with E-state index in [2.05, 4.69) is 36.4 Å². The minimum absolute atomic E-state index is 0.159. The molecule has 150 valence electrons. The van der Waals surface area contributed by atoms with E-state index >= 15 is 0 Å². The van der Waals surface area contributed by atoms with E-state index < -0.39 is 17.7 Å². The van der Waals surface area contributed by atoms with Gasteiger partial charge >= 0.3 is 6.03 Å². The van der Waals surface area contributed by atoms with Crippen molar-refractivity contribution >= 4 is 29.2 Å². The lowest BCUT2D eigenvalue weighted by Crippen LogP contribution is -2.32. The molecule has 2 heterocycles. The summed E-state index contributed by atoms with van der Waals surface area (Å²) in [5.41, 5.74) is 1.22. The summed E-state index contributed by atoms with van der Waals surface area (Å²) >= 11 is 0. The molecule has 29 heavy (non-hydrogen) atoms. The SMILES string of the molecule is Cc1ccc(Nc2ccc(NCCNC(=O)Nc3ccc(F)c(F)c3)nn2)nc1. The van der Waals surface area contributed by atoms with E-state index in [0.717, 1.165) is 17.7 Å². The second kappa shape index (κ2) is 9.40. The molecule has 0 bridgehead atoms. The normalized spacial score (nSPS) is 10.3. The van der Waals surface area contributed by atoms with Gasteiger partial charge in [-0.05, 0) is 42.8 Å². The Bertz CT molecular complexity index is 965. The summed E-state index contributed by atoms with van der Waals surface area (Å²) in [6, 6.07) is 9.87. The Labute approximate surface area is 165 Å². The fraction of sp³-hybridized carbons (Fsp3) is 0.158. The fourth-order valence-corrected chi connectivity index (χ4v) is 2.28. The number of hydrogen-bond donors (Lipinski definition) is 4. The van der Waals surface area contributed by atoms with Crippen LogP contribution in [0, 0.1) is 18.6 Å². The molecule has 0 spiro atoms. The molecule has 0 unspecified atom stereocenters. The predicted octanol–water partition coefficient (Wildman–Crippen LogP) is 3.44. The number of hydrogen-bond acceptors (Lipinski definition) is 6. The third-order valence-corrected chi connectivity index (χ3v) is 3.73. The van der Waals surface area contributed by atoms with Crippen LogP contribution in [0.15, 0.2) is 48.7 Å². The van der Waals surface area contributed by atoms with Crippen molar-refractivity contribution in [2.75, 3.05) is 29.0 Å². The zero-order chi connectivity index (χ0) is 20.6. The lowest BCUT2D eigenvalue weighted by atomic mass is 10.3. The van der Waals surface area contributed by atoms with Gasteiger partial charge in [0.15, 0.2) is 17.5 Å². The number of nitrogens with one attached hydrogen (secondary N) is 4. The number of anilines is 4. The van der Waals surface area contributed by atoms with Crippen molar-refractivity contribution in [1.82, 2.24) is 20.5 Å². The molecule has 0 atom stereocenters. The zero-order valence-electron chi connectivity index (χ0n) is 15.5. The van der Waals surface area contributed by atoms with E-state index in [1.54, 1.807) is 18.3 Å². The predicted molar refractivity (Wildman–Crippen MR) is 106 cm³/mol. The molecule has 3 rings (SSSR count). The molecule has 0 radical (unpaired) electrons. The molecule has 2 amide bonds. The van der Waals surface area contributed by atoms with Crippen molar-refractivity contribution in [3.8, 4) is 0 Å². The van der Waals surface area contributed by atoms with Crippen LogP contribution in [-0.2, 0) is 0 Å². The highest BCUT2D eigenvalue weighted by Gasteiger charge is 2.06. The van der Waals surface area contributed by atoms with E-state index in [0.29, 0.717) is 24.0 Å². The van der Waals surface area contributed by atoms with Gasteiger partial charge in [0, 0.05) is 31.0 Å². The van der Waals surface area contributed by atoms with E-state index in [1.165, 1.54) is 6.07 Å². The number of benzene rings is 1. The van der Waals surface area contributed by atoms with Crippen LogP contribution >= 0.6 is 0 Å². The van der Waals surface area contributed by atoms with Crippen LogP contribution in [-0.4, -0.2) is 34.3 Å². The van der Waals surface area contributed by atoms with Crippen LogP contribution in [0.2, 0.25) is 0 Å². The minimum Gasteiger partial charge on any atom is -0.367 e. The quantitative estimate of drug-likeness (QED) is 0.454. The van der Waals surface area contributed by atoms with Crippen molar-refractivity contribution in [2.45, 2.75) is 6.92 Å². The Balaban J connectivity index is 1.39. The summed E-state index contributed by atoms with van der Waals surface area (Å²) in [7, 11) is 0. The number of carbonyl (C=O) groups excluding carboxylic acids is 1. The number of rotatable bonds is 7. The van der Waals surface area contributed by atoms with Gasteiger partial charge in [-0.1, -0.05) is 6.07 Å². The van der Waals surface area contributed by atoms with Crippen LogP contribution in [0.1, 0.15) is 5.56 Å². The van der Waals surface area contributed by atoms with E-state index in [-0.39, 0.29) is 12.2 Å². The van der Waals surface area contributed by atoms with Crippen LogP contribution in [0.5, 0.6) is 0 Å². The van der Waals surface area contributed by atoms with Gasteiger partial charge in [-0.2, -0.15) is 0 Å². The summed E-state index contributed by atoms with van der Waals surface area (Å²) in [5.74, 6) is -0.246. The van der Waals surface area contributed by atoms with Gasteiger partial charge in [0.2, 0.25) is 0 Å². The molecule has 0 saturated carbocycles. The van der Waals surface area contributed by atoms with Crippen molar-refractivity contribution in [3.63, 3.8) is 0 Å². The van der Waals surface area contributed by atoms with Gasteiger partial charge in [-0.15, -0.1) is 10.2 Å². The average molecular weight is 399 g/mol. The Morgan fingerprint density at radius 3 is 2.38 bits per heavy atom. The van der Waals surface area contributed by atoms with Crippen LogP contribution in [0.25, 0.3) is 0 Å². The van der Waals surface area contributed by atoms with Crippen molar-refractivity contribution in [2.24, 2.45) is 0 Å². The number of halogens is 2. The summed E-state index contributed by atoms with van der Waals surface area (Å²) < 4.78 is 26.0. The first-order valence-corrected chi connectivity index (χ1v) is 8.77. The maximum atomic E-state index is 13.1. The highest BCUT2D eigenvalue weighted by Crippen LogP contribution is 2.13. The number of amides is 2. The zero-order valence-corrected chi connectivity index (χ0v) is 15.5. The molecular formula is C19H19F2N7O. The number of aryl methyl sites for hydroxylation is 1. The lowest BCUT2D eigenvalue weighted by Gasteiger charge is -2.09. The molecule has 0 aliphatic rings. The number of nitrogens with zero attached hydrogens (tertiary/aromatic N) is 3. The largest absolute Gasteiger partial charge is 0.367 e. The maximum Gasteiger partial charge on any atom is 0.319 e. The first kappa shape index (κ1) is 19.9. The lowest BCUT2D eigenvalue weighted by molar-refractivity contribution is 0.252. The molecular weight excluding hydrogens is 380 g/mol. The molecule has 1 aromatic carbocycles. The first-order chi connectivity index (χ1) is 14.0. The van der Waals surface area contributed by atoms with Gasteiger partial charge in [0.05, 0.1) is 0 Å². The van der Waals surface area contributed by atoms with Crippen LogP contribution < -0.4 is 21.3 Å². The summed E-state index contributed by atoms with van der Waals surface area (Å²) in [6.07, 6.45) is 1.75. The third kappa shape index (κ3) is 6.09. The van der Waals surface area contributed by atoms with E-state index in [1.807, 2.05) is 19.1 Å². The third-order valence-electron chi connectivity index (χ3n) is 3.73. The van der Waals surface area contributed by atoms with Gasteiger partial charge in [-0.25, -0.2) is 18.6 Å². The molecule has 2 aromatic heterocycles. The topological polar surface area (TPSA) is 104 Å². The summed E-state index contributed by atoms with van der Waals surface area (Å²) in [4.78, 5) is 16.0. The Hall–Kier alpha value is -3.82. The molecule has 0 aliphatic carbocycles. The highest BCUT2D eigenvalue weighted by atomic mass is 19.2. The van der Waals surface area contributed by atoms with Crippen molar-refractivity contribution in [1.29, 1.82) is 0 Å². The number of urea groups is 1. The standard InChI is InChI=1S/C19H19F2N7O/c1-12-2-5-16(24-11-12)26-18-7-6-17(27-28-18)22-8-9-23-19(29)25-13-3-4-14(20)15(21)10-13/h2-7,10-11H,8-9H2,1H3,(H,22,27)(H2,23,25,29)(H,24,26,28). The molecule has 10 heteroatoms. The molecule has 0 fully saturated rings. The van der Waals surface area contributed by atoms with Crippen molar-refractivity contribution < 1.29 is 13.6 Å². The second-order valence-electron chi connectivity index (χ2n) is 6.09. The molecule has 3 aromatic rings. The molecule has 4 N–H and O–H groups in total. The first-order valence-electron chi connectivity index (χ1n) is 8.77. The second-order valence-corrected chi connectivity index (χ2v) is 6.09. The van der Waals surface area contributed by atoms with E-state index in [9.17, 15) is 13.6 Å². The van der Waals surface area contributed by atoms with Crippen LogP contribution in [0.4, 0.5) is 36.7 Å². The van der Waals surface area contributed by atoms with E-state index in [4.69, 9.17) is 0 Å². The minimum atomic E-state index is -1.03. The van der Waals surface area contributed by atoms with Gasteiger partial charge in [-0.3, -0.25) is 0 Å². The smallest absolute Gasteiger partial charge is 0.319 e. The number of aromatic nitrogens is 3. The van der Waals surface area contributed by atoms with Gasteiger partial charge in [0.25, 0.3) is 0 Å². The van der Waals surface area contributed by atoms with Crippen LogP contribution in [0.3, 0.4) is 0 Å². The monoisotopic (exact) mass is 399 g/mol. The highest BCUT2D eigenvalue weighted by molar-refractivity contribution is 5.89. The van der Waals surface area contributed by atoms with Gasteiger partial charge in [0.1, 0.15) is 11.6 Å². The fourth-order valence-electron chi connectivity index (χ4n) is 2.28. The van der Waals surface area contributed by atoms with Crippen molar-refractivity contribution in [3.05, 3.63) is 65.9 Å². The number of pyridine rings is 1. The molecule has 0 aliphatic heterocycles. The number of carbonyl (C=O) groups is 1. The Morgan fingerprint density at radius 1 is 0.931 bits per heavy atom. The summed E-state index contributed by atoms with van der Waals surface area (Å²) in [6.45, 7) is 2.63.